The van der Waals surface area contributed by atoms with E-state index in [4.69, 9.17) is 9.89 Å². The summed E-state index contributed by atoms with van der Waals surface area (Å²) in [6, 6.07) is 21.3. The molecule has 0 aliphatic carbocycles. The van der Waals surface area contributed by atoms with Crippen molar-refractivity contribution in [1.29, 1.82) is 0 Å². The van der Waals surface area contributed by atoms with Gasteiger partial charge in [0.15, 0.2) is 0 Å². The van der Waals surface area contributed by atoms with Crippen LogP contribution in [0.5, 0.6) is 0 Å². The normalized spacial score (nSPS) is 11.9. The number of fused-ring (bicyclic) bond motifs is 2. The number of rotatable bonds is 4. The van der Waals surface area contributed by atoms with Gasteiger partial charge < -0.3 is 10.1 Å². The monoisotopic (exact) mass is 412 g/mol. The van der Waals surface area contributed by atoms with Gasteiger partial charge in [0.05, 0.1) is 12.1 Å². The van der Waals surface area contributed by atoms with Crippen LogP contribution in [-0.2, 0) is 11.3 Å². The van der Waals surface area contributed by atoms with Crippen LogP contribution in [-0.4, -0.2) is 36.0 Å². The largest absolute Gasteiger partial charge is 0.373 e. The van der Waals surface area contributed by atoms with Crippen molar-refractivity contribution >= 4 is 39.9 Å². The third-order valence-corrected chi connectivity index (χ3v) is 5.01. The highest BCUT2D eigenvalue weighted by atomic mass is 16.1. The molecule has 0 saturated carbocycles. The highest BCUT2D eigenvalue weighted by molar-refractivity contribution is 6.01. The average Bonchev–Trinajstić information content (AvgIpc) is 3.17. The quantitative estimate of drug-likeness (QED) is 0.288. The van der Waals surface area contributed by atoms with E-state index in [0.717, 1.165) is 40.7 Å². The Balaban J connectivity index is 0.000000858. The average molecular weight is 413 g/mol. The molecule has 0 unspecified atom stereocenters. The first-order valence-electron chi connectivity index (χ1n) is 10.3. The zero-order chi connectivity index (χ0) is 22.2. The fraction of sp³-hybridized carbons (Fsp3) is 0.192. The molecule has 4 aromatic rings. The molecule has 0 fully saturated rings. The lowest BCUT2D eigenvalue weighted by molar-refractivity contribution is -0.106. The number of nitrogens with zero attached hydrogens (tertiary/aromatic N) is 3. The predicted molar refractivity (Wildman–Crippen MR) is 131 cm³/mol. The maximum Gasteiger partial charge on any atom is 0.123 e. The molecule has 0 atom stereocenters. The Morgan fingerprint density at radius 3 is 2.58 bits per heavy atom. The highest BCUT2D eigenvalue weighted by Gasteiger charge is 2.06. The second-order valence-corrected chi connectivity index (χ2v) is 7.17. The number of carbonyl (C=O) groups is 1. The van der Waals surface area contributed by atoms with E-state index in [2.05, 4.69) is 90.2 Å². The molecule has 0 saturated heterocycles. The second kappa shape index (κ2) is 10.3. The zero-order valence-electron chi connectivity index (χ0n) is 18.5. The molecule has 5 heteroatoms. The van der Waals surface area contributed by atoms with Crippen LogP contribution in [0.2, 0.25) is 0 Å². The molecule has 0 spiro atoms. The van der Waals surface area contributed by atoms with E-state index in [1.165, 1.54) is 23.3 Å². The number of aliphatic imine (C=N–C) groups is 1. The third-order valence-electron chi connectivity index (χ3n) is 5.01. The first-order chi connectivity index (χ1) is 15.1. The van der Waals surface area contributed by atoms with E-state index in [1.54, 1.807) is 7.05 Å². The zero-order valence-corrected chi connectivity index (χ0v) is 18.5. The fourth-order valence-corrected chi connectivity index (χ4v) is 3.67. The van der Waals surface area contributed by atoms with Gasteiger partial charge in [-0.25, -0.2) is 0 Å². The van der Waals surface area contributed by atoms with Gasteiger partial charge in [0, 0.05) is 25.7 Å². The lowest BCUT2D eigenvalue weighted by Crippen LogP contribution is -2.18. The van der Waals surface area contributed by atoms with Crippen LogP contribution in [0.25, 0.3) is 27.8 Å². The molecule has 0 radical (unpaired) electrons. The molecule has 1 aromatic heterocycles. The molecule has 0 aliphatic heterocycles. The summed E-state index contributed by atoms with van der Waals surface area (Å²) in [5, 5.41) is 11.6. The number of benzene rings is 3. The van der Waals surface area contributed by atoms with Crippen LogP contribution in [0.1, 0.15) is 25.0 Å². The molecule has 0 amide bonds. The molecule has 3 aromatic carbocycles. The number of hydrogen-bond acceptors (Lipinski definition) is 3. The molecule has 1 heterocycles. The van der Waals surface area contributed by atoms with Crippen molar-refractivity contribution in [3.63, 3.8) is 0 Å². The van der Waals surface area contributed by atoms with Crippen molar-refractivity contribution < 1.29 is 4.79 Å². The van der Waals surface area contributed by atoms with Gasteiger partial charge in [-0.05, 0) is 59.5 Å². The van der Waals surface area contributed by atoms with Crippen molar-refractivity contribution in [3.05, 3.63) is 83.6 Å². The van der Waals surface area contributed by atoms with Crippen molar-refractivity contribution in [3.8, 4) is 0 Å². The molecule has 0 bridgehead atoms. The number of nitrogens with one attached hydrogen (secondary N) is 1. The molecule has 5 nitrogen and oxygen atoms in total. The maximum atomic E-state index is 8.81. The van der Waals surface area contributed by atoms with Crippen LogP contribution in [0.4, 0.5) is 0 Å². The van der Waals surface area contributed by atoms with E-state index < -0.39 is 0 Å². The lowest BCUT2D eigenvalue weighted by Gasteiger charge is -2.06. The van der Waals surface area contributed by atoms with Crippen molar-refractivity contribution in [1.82, 2.24) is 15.1 Å². The van der Waals surface area contributed by atoms with Gasteiger partial charge in [0.1, 0.15) is 12.1 Å². The van der Waals surface area contributed by atoms with Crippen LogP contribution in [0.3, 0.4) is 0 Å². The van der Waals surface area contributed by atoms with Gasteiger partial charge in [0.25, 0.3) is 0 Å². The molecular formula is C26H28N4O. The SMILES string of the molecule is CC=O.CN=C(NC)/C(C)=C/c1ccc2nn(Cc3cccc4ccccc34)cc2c1. The Kier molecular flexibility index (Phi) is 7.33. The molecule has 1 N–H and O–H groups in total. The molecule has 31 heavy (non-hydrogen) atoms. The highest BCUT2D eigenvalue weighted by Crippen LogP contribution is 2.21. The standard InChI is InChI=1S/C24H24N4.C2H4O/c1-17(24(25-2)26-3)13-18-11-12-23-21(14-18)16-28(27-23)15-20-9-6-8-19-7-4-5-10-22(19)20;1-2-3/h4-14,16H,15H2,1-3H3,(H,25,26);2H,1H3/b17-13+;. The summed E-state index contributed by atoms with van der Waals surface area (Å²) in [4.78, 5) is 13.1. The smallest absolute Gasteiger partial charge is 0.123 e. The Morgan fingerprint density at radius 2 is 1.84 bits per heavy atom. The number of likely N-dealkylation sites (N-methyl/N-ethyl adjacent to an activating group) is 1. The molecule has 158 valence electrons. The van der Waals surface area contributed by atoms with E-state index >= 15 is 0 Å². The topological polar surface area (TPSA) is 59.3 Å². The summed E-state index contributed by atoms with van der Waals surface area (Å²) < 4.78 is 2.03. The number of aldehydes is 1. The summed E-state index contributed by atoms with van der Waals surface area (Å²) in [6.07, 6.45) is 5.01. The first kappa shape index (κ1) is 22.0. The Hall–Kier alpha value is -3.73. The lowest BCUT2D eigenvalue weighted by atomic mass is 10.0. The van der Waals surface area contributed by atoms with E-state index in [1.807, 2.05) is 11.7 Å². The van der Waals surface area contributed by atoms with E-state index in [0.29, 0.717) is 0 Å². The van der Waals surface area contributed by atoms with Crippen molar-refractivity contribution in [2.75, 3.05) is 14.1 Å². The van der Waals surface area contributed by atoms with Gasteiger partial charge in [-0.2, -0.15) is 5.10 Å². The number of aromatic nitrogens is 2. The summed E-state index contributed by atoms with van der Waals surface area (Å²) in [7, 11) is 3.68. The van der Waals surface area contributed by atoms with Crippen LogP contribution in [0, 0.1) is 0 Å². The summed E-state index contributed by atoms with van der Waals surface area (Å²) in [5.41, 5.74) is 4.53. The first-order valence-corrected chi connectivity index (χ1v) is 10.3. The number of amidine groups is 1. The van der Waals surface area contributed by atoms with Gasteiger partial charge in [-0.3, -0.25) is 9.67 Å². The second-order valence-electron chi connectivity index (χ2n) is 7.17. The number of carbonyl (C=O) groups excluding carboxylic acids is 1. The Labute approximate surface area is 183 Å². The van der Waals surface area contributed by atoms with Crippen molar-refractivity contribution in [2.24, 2.45) is 4.99 Å². The van der Waals surface area contributed by atoms with E-state index in [-0.39, 0.29) is 0 Å². The van der Waals surface area contributed by atoms with Gasteiger partial charge in [0.2, 0.25) is 0 Å². The maximum absolute atomic E-state index is 8.81. The fourth-order valence-electron chi connectivity index (χ4n) is 3.67. The van der Waals surface area contributed by atoms with Gasteiger partial charge in [-0.15, -0.1) is 0 Å². The third kappa shape index (κ3) is 5.25. The van der Waals surface area contributed by atoms with Crippen LogP contribution in [0.15, 0.2) is 77.4 Å². The summed E-state index contributed by atoms with van der Waals surface area (Å²) in [5.74, 6) is 0.895. The Bertz CT molecular complexity index is 1250. The molecule has 0 aliphatic rings. The minimum Gasteiger partial charge on any atom is -0.373 e. The van der Waals surface area contributed by atoms with Crippen molar-refractivity contribution in [2.45, 2.75) is 20.4 Å². The molecule has 4 rings (SSSR count). The predicted octanol–water partition coefficient (Wildman–Crippen LogP) is 5.09. The minimum atomic E-state index is 0.750. The summed E-state index contributed by atoms with van der Waals surface area (Å²) in [6.45, 7) is 4.26. The Morgan fingerprint density at radius 1 is 1.10 bits per heavy atom. The van der Waals surface area contributed by atoms with Gasteiger partial charge in [-0.1, -0.05) is 48.5 Å². The number of hydrogen-bond donors (Lipinski definition) is 1. The van der Waals surface area contributed by atoms with E-state index in [9.17, 15) is 0 Å². The molecular weight excluding hydrogens is 384 g/mol. The minimum absolute atomic E-state index is 0.750. The summed E-state index contributed by atoms with van der Waals surface area (Å²) >= 11 is 0. The van der Waals surface area contributed by atoms with Gasteiger partial charge >= 0.3 is 0 Å². The van der Waals surface area contributed by atoms with Crippen LogP contribution >= 0.6 is 0 Å². The van der Waals surface area contributed by atoms with Crippen LogP contribution < -0.4 is 5.32 Å².